The standard InChI is InChI=1S/C53H59NO12Si/c1-52(2,3)67(36-24-14-8-15-25-36,37-26-16-9-17-27-37)66-50-42(54-48(57)38-28-18-19-29-39(38)49(54)58)46(60-32-35-22-12-7-13-23-35)44(41(62-50)33-59-31-34-20-10-6-11-21-34)63-51-43(56)47-45(40(30-55)61-51)64-53(4,5)65-47/h6-29,40-47,50-51,55-56H,30-33H2,1-5H3/t40-,41-,42-,43-,44-,45+,46-,47-,50+,51+/m1/s1. The molecule has 0 bridgehead atoms. The second-order valence-corrected chi connectivity index (χ2v) is 23.2. The van der Waals surface area contributed by atoms with E-state index >= 15 is 0 Å². The number of nitrogens with zero attached hydrogens (tertiary/aromatic N) is 1. The molecule has 4 heterocycles. The Morgan fingerprint density at radius 3 is 1.67 bits per heavy atom. The minimum Gasteiger partial charge on any atom is -0.394 e. The predicted molar refractivity (Wildman–Crippen MR) is 250 cm³/mol. The number of hydrogen-bond donors (Lipinski definition) is 2. The van der Waals surface area contributed by atoms with E-state index in [1.165, 1.54) is 4.90 Å². The van der Waals surface area contributed by atoms with Crippen molar-refractivity contribution in [3.63, 3.8) is 0 Å². The minimum atomic E-state index is -3.54. The lowest BCUT2D eigenvalue weighted by Crippen LogP contribution is -2.74. The van der Waals surface area contributed by atoms with Gasteiger partial charge in [0.15, 0.2) is 18.4 Å². The average molecular weight is 930 g/mol. The molecule has 352 valence electrons. The van der Waals surface area contributed by atoms with Gasteiger partial charge >= 0.3 is 0 Å². The second-order valence-electron chi connectivity index (χ2n) is 19.0. The van der Waals surface area contributed by atoms with Crippen LogP contribution < -0.4 is 10.4 Å². The van der Waals surface area contributed by atoms with Crippen LogP contribution in [0.5, 0.6) is 0 Å². The van der Waals surface area contributed by atoms with E-state index in [-0.39, 0.29) is 30.9 Å². The third-order valence-corrected chi connectivity index (χ3v) is 18.0. The number of amides is 2. The van der Waals surface area contributed by atoms with Gasteiger partial charge in [0, 0.05) is 0 Å². The number of carbonyl (C=O) groups is 2. The quantitative estimate of drug-likeness (QED) is 0.0974. The van der Waals surface area contributed by atoms with Gasteiger partial charge in [-0.3, -0.25) is 14.5 Å². The zero-order valence-corrected chi connectivity index (χ0v) is 39.4. The van der Waals surface area contributed by atoms with E-state index < -0.39 is 98.9 Å². The Hall–Kier alpha value is -4.94. The lowest BCUT2D eigenvalue weighted by molar-refractivity contribution is -0.343. The maximum absolute atomic E-state index is 15.0. The van der Waals surface area contributed by atoms with Gasteiger partial charge in [-0.15, -0.1) is 0 Å². The molecule has 13 nitrogen and oxygen atoms in total. The van der Waals surface area contributed by atoms with Crippen molar-refractivity contribution < 1.29 is 57.4 Å². The van der Waals surface area contributed by atoms with E-state index in [2.05, 4.69) is 45.0 Å². The van der Waals surface area contributed by atoms with Crippen LogP contribution in [-0.2, 0) is 50.8 Å². The molecule has 0 aliphatic carbocycles. The predicted octanol–water partition coefficient (Wildman–Crippen LogP) is 5.74. The molecule has 0 spiro atoms. The summed E-state index contributed by atoms with van der Waals surface area (Å²) >= 11 is 0. The molecule has 3 fully saturated rings. The third kappa shape index (κ3) is 9.33. The van der Waals surface area contributed by atoms with Crippen molar-refractivity contribution in [2.75, 3.05) is 13.2 Å². The molecular formula is C53H59NO12Si. The minimum absolute atomic E-state index is 0.0255. The molecule has 4 aliphatic rings. The van der Waals surface area contributed by atoms with E-state index in [0.717, 1.165) is 21.5 Å². The highest BCUT2D eigenvalue weighted by Gasteiger charge is 2.62. The van der Waals surface area contributed by atoms with Crippen LogP contribution in [0, 0.1) is 0 Å². The SMILES string of the molecule is CC1(C)O[C@@H]2[C@@H](O)[C@H](O[C@H]3[C@H](OCc4ccccc4)[C@@H](N4C(=O)c5ccccc5C4=O)[C@H](O[Si](c4ccccc4)(c4ccccc4)C(C)(C)C)O[C@@H]3COCc3ccccc3)O[C@H](CO)[C@@H]2O1. The van der Waals surface area contributed by atoms with E-state index in [1.807, 2.05) is 97.1 Å². The Morgan fingerprint density at radius 1 is 0.642 bits per heavy atom. The molecule has 2 amide bonds. The first-order valence-corrected chi connectivity index (χ1v) is 24.8. The molecule has 67 heavy (non-hydrogen) atoms. The van der Waals surface area contributed by atoms with E-state index in [0.29, 0.717) is 0 Å². The fourth-order valence-corrected chi connectivity index (χ4v) is 14.6. The number of benzene rings is 5. The van der Waals surface area contributed by atoms with Gasteiger partial charge in [0.05, 0.1) is 37.6 Å². The molecule has 5 aromatic rings. The summed E-state index contributed by atoms with van der Waals surface area (Å²) in [6, 6.07) is 44.7. The second kappa shape index (κ2) is 19.6. The summed E-state index contributed by atoms with van der Waals surface area (Å²) in [5, 5.41) is 24.0. The zero-order chi connectivity index (χ0) is 46.9. The molecule has 5 aromatic carbocycles. The van der Waals surface area contributed by atoms with Crippen LogP contribution >= 0.6 is 0 Å². The Kier molecular flexibility index (Phi) is 13.8. The third-order valence-electron chi connectivity index (χ3n) is 13.1. The molecule has 2 N–H and O–H groups in total. The normalized spacial score (nSPS) is 28.3. The summed E-state index contributed by atoms with van der Waals surface area (Å²) in [5.41, 5.74) is 2.19. The van der Waals surface area contributed by atoms with Gasteiger partial charge in [-0.2, -0.15) is 0 Å². The van der Waals surface area contributed by atoms with Gasteiger partial charge in [-0.1, -0.05) is 154 Å². The van der Waals surface area contributed by atoms with E-state index in [4.69, 9.17) is 37.6 Å². The van der Waals surface area contributed by atoms with Gasteiger partial charge in [-0.05, 0) is 52.5 Å². The number of aliphatic hydroxyl groups excluding tert-OH is 2. The van der Waals surface area contributed by atoms with Gasteiger partial charge < -0.3 is 47.8 Å². The van der Waals surface area contributed by atoms with Crippen molar-refractivity contribution in [2.24, 2.45) is 0 Å². The fraction of sp³-hybridized carbons (Fsp3) is 0.396. The smallest absolute Gasteiger partial charge is 0.264 e. The van der Waals surface area contributed by atoms with Crippen molar-refractivity contribution in [2.45, 2.75) is 120 Å². The molecule has 0 radical (unpaired) electrons. The summed E-state index contributed by atoms with van der Waals surface area (Å²) in [7, 11) is -3.54. The molecule has 0 aromatic heterocycles. The number of ether oxygens (including phenoxy) is 7. The van der Waals surface area contributed by atoms with Crippen LogP contribution in [0.2, 0.25) is 5.04 Å². The lowest BCUT2D eigenvalue weighted by atomic mass is 9.94. The molecule has 14 heteroatoms. The molecule has 10 atom stereocenters. The fourth-order valence-electron chi connectivity index (χ4n) is 10.00. The maximum Gasteiger partial charge on any atom is 0.264 e. The van der Waals surface area contributed by atoms with Crippen LogP contribution in [0.4, 0.5) is 0 Å². The van der Waals surface area contributed by atoms with Crippen LogP contribution in [0.15, 0.2) is 146 Å². The number of aliphatic hydroxyl groups is 2. The van der Waals surface area contributed by atoms with Gasteiger partial charge in [0.2, 0.25) is 0 Å². The van der Waals surface area contributed by atoms with Crippen molar-refractivity contribution in [1.29, 1.82) is 0 Å². The number of hydrogen-bond acceptors (Lipinski definition) is 12. The highest BCUT2D eigenvalue weighted by Crippen LogP contribution is 2.44. The van der Waals surface area contributed by atoms with Crippen LogP contribution in [0.1, 0.15) is 66.5 Å². The number of rotatable bonds is 15. The summed E-state index contributed by atoms with van der Waals surface area (Å²) in [4.78, 5) is 31.1. The van der Waals surface area contributed by atoms with Crippen molar-refractivity contribution >= 4 is 30.5 Å². The van der Waals surface area contributed by atoms with Gasteiger partial charge in [0.1, 0.15) is 48.8 Å². The topological polar surface area (TPSA) is 152 Å². The van der Waals surface area contributed by atoms with Crippen molar-refractivity contribution in [1.82, 2.24) is 4.90 Å². The first-order chi connectivity index (χ1) is 32.3. The Morgan fingerprint density at radius 2 is 1.13 bits per heavy atom. The average Bonchev–Trinajstić information content (AvgIpc) is 3.80. The van der Waals surface area contributed by atoms with E-state index in [1.54, 1.807) is 38.1 Å². The molecule has 9 rings (SSSR count). The van der Waals surface area contributed by atoms with Crippen LogP contribution in [-0.4, -0.2) is 116 Å². The molecule has 0 saturated carbocycles. The molecule has 0 unspecified atom stereocenters. The van der Waals surface area contributed by atoms with Crippen molar-refractivity contribution in [3.8, 4) is 0 Å². The van der Waals surface area contributed by atoms with Gasteiger partial charge in [0.25, 0.3) is 20.1 Å². The summed E-state index contributed by atoms with van der Waals surface area (Å²) in [6.07, 6.45) is -10.3. The number of carbonyl (C=O) groups excluding carboxylic acids is 2. The number of imide groups is 1. The molecule has 4 aliphatic heterocycles. The Labute approximate surface area is 392 Å². The largest absolute Gasteiger partial charge is 0.394 e. The molecular weight excluding hydrogens is 871 g/mol. The first kappa shape index (κ1) is 47.1. The highest BCUT2D eigenvalue weighted by atomic mass is 28.4. The summed E-state index contributed by atoms with van der Waals surface area (Å²) in [6.45, 7) is 9.56. The Balaban J connectivity index is 1.21. The first-order valence-electron chi connectivity index (χ1n) is 22.9. The van der Waals surface area contributed by atoms with Crippen LogP contribution in [0.25, 0.3) is 0 Å². The lowest BCUT2D eigenvalue weighted by Gasteiger charge is -2.53. The summed E-state index contributed by atoms with van der Waals surface area (Å²) < 4.78 is 54.3. The maximum atomic E-state index is 15.0. The number of fused-ring (bicyclic) bond motifs is 2. The summed E-state index contributed by atoms with van der Waals surface area (Å²) in [5.74, 6) is -2.19. The van der Waals surface area contributed by atoms with Gasteiger partial charge in [-0.25, -0.2) is 0 Å². The monoisotopic (exact) mass is 929 g/mol. The van der Waals surface area contributed by atoms with Crippen molar-refractivity contribution in [3.05, 3.63) is 168 Å². The highest BCUT2D eigenvalue weighted by molar-refractivity contribution is 6.99. The van der Waals surface area contributed by atoms with Crippen LogP contribution in [0.3, 0.4) is 0 Å². The Bertz CT molecular complexity index is 2380. The molecule has 3 saturated heterocycles. The zero-order valence-electron chi connectivity index (χ0n) is 38.4. The van der Waals surface area contributed by atoms with E-state index in [9.17, 15) is 19.8 Å².